The molecular weight excluding hydrogens is 358 g/mol. The largest absolute Gasteiger partial charge is 0.379 e. The maximum absolute atomic E-state index is 12.4. The van der Waals surface area contributed by atoms with Crippen molar-refractivity contribution in [2.45, 2.75) is 18.9 Å². The molecule has 3 atom stereocenters. The molecular formula is C18H25N9O. The summed E-state index contributed by atoms with van der Waals surface area (Å²) < 4.78 is 0. The molecule has 3 heterocycles. The van der Waals surface area contributed by atoms with Gasteiger partial charge in [0.05, 0.1) is 11.7 Å². The minimum Gasteiger partial charge on any atom is -0.379 e. The first kappa shape index (κ1) is 18.2. The number of rotatable bonds is 3. The Morgan fingerprint density at radius 3 is 2.86 bits per heavy atom. The molecule has 1 aliphatic carbocycles. The molecule has 0 unspecified atom stereocenters. The number of nitrogens with zero attached hydrogens (tertiary/aromatic N) is 5. The van der Waals surface area contributed by atoms with Gasteiger partial charge in [0.2, 0.25) is 5.96 Å². The van der Waals surface area contributed by atoms with Crippen LogP contribution in [0.25, 0.3) is 11.0 Å². The van der Waals surface area contributed by atoms with E-state index in [9.17, 15) is 4.79 Å². The van der Waals surface area contributed by atoms with Crippen LogP contribution >= 0.6 is 0 Å². The molecule has 10 heteroatoms. The molecule has 2 aromatic heterocycles. The van der Waals surface area contributed by atoms with Crippen molar-refractivity contribution >= 4 is 35.2 Å². The topological polar surface area (TPSA) is 125 Å². The Labute approximate surface area is 162 Å². The molecule has 28 heavy (non-hydrogen) atoms. The van der Waals surface area contributed by atoms with Gasteiger partial charge < -0.3 is 20.1 Å². The van der Waals surface area contributed by atoms with Crippen LogP contribution in [0.5, 0.6) is 0 Å². The van der Waals surface area contributed by atoms with Crippen molar-refractivity contribution < 1.29 is 4.79 Å². The number of aliphatic imine (C=N–C) groups is 1. The van der Waals surface area contributed by atoms with Crippen LogP contribution in [0, 0.1) is 17.2 Å². The van der Waals surface area contributed by atoms with Gasteiger partial charge in [-0.3, -0.25) is 10.7 Å². The summed E-state index contributed by atoms with van der Waals surface area (Å²) in [7, 11) is 3.78. The molecule has 0 bridgehead atoms. The number of guanidine groups is 1. The van der Waals surface area contributed by atoms with E-state index >= 15 is 0 Å². The van der Waals surface area contributed by atoms with Crippen LogP contribution in [0.2, 0.25) is 0 Å². The molecule has 0 radical (unpaired) electrons. The summed E-state index contributed by atoms with van der Waals surface area (Å²) in [5, 5.41) is 13.9. The molecule has 10 nitrogen and oxygen atoms in total. The number of carbonyl (C=O) groups is 1. The highest BCUT2D eigenvalue weighted by molar-refractivity contribution is 5.97. The van der Waals surface area contributed by atoms with Crippen LogP contribution in [0.4, 0.5) is 10.6 Å². The third-order valence-electron chi connectivity index (χ3n) is 5.78. The Morgan fingerprint density at radius 2 is 2.14 bits per heavy atom. The van der Waals surface area contributed by atoms with E-state index in [2.05, 4.69) is 42.5 Å². The summed E-state index contributed by atoms with van der Waals surface area (Å²) in [6, 6.07) is 2.16. The lowest BCUT2D eigenvalue weighted by atomic mass is 10.0. The zero-order chi connectivity index (χ0) is 19.7. The van der Waals surface area contributed by atoms with E-state index in [0.29, 0.717) is 31.0 Å². The van der Waals surface area contributed by atoms with Crippen molar-refractivity contribution in [1.82, 2.24) is 30.5 Å². The van der Waals surface area contributed by atoms with Gasteiger partial charge >= 0.3 is 6.03 Å². The number of aromatic nitrogens is 3. The van der Waals surface area contributed by atoms with Crippen molar-refractivity contribution in [2.24, 2.45) is 16.8 Å². The van der Waals surface area contributed by atoms with Gasteiger partial charge in [-0.05, 0) is 30.7 Å². The van der Waals surface area contributed by atoms with Gasteiger partial charge in [-0.2, -0.15) is 0 Å². The zero-order valence-electron chi connectivity index (χ0n) is 16.0. The summed E-state index contributed by atoms with van der Waals surface area (Å²) >= 11 is 0. The number of urea groups is 1. The normalized spacial score (nSPS) is 23.9. The lowest BCUT2D eigenvalue weighted by Crippen LogP contribution is -2.42. The number of fused-ring (bicyclic) bond motifs is 2. The second kappa shape index (κ2) is 7.45. The van der Waals surface area contributed by atoms with Gasteiger partial charge in [0.15, 0.2) is 0 Å². The number of likely N-dealkylation sites (tertiary alicyclic amines) is 1. The number of amides is 2. The molecule has 4 rings (SSSR count). The van der Waals surface area contributed by atoms with Crippen molar-refractivity contribution in [2.75, 3.05) is 32.1 Å². The second-order valence-corrected chi connectivity index (χ2v) is 7.42. The van der Waals surface area contributed by atoms with Crippen LogP contribution in [0.1, 0.15) is 12.8 Å². The van der Waals surface area contributed by atoms with E-state index in [1.54, 1.807) is 18.3 Å². The zero-order valence-corrected chi connectivity index (χ0v) is 16.0. The summed E-state index contributed by atoms with van der Waals surface area (Å²) in [5.41, 5.74) is 0.848. The minimum atomic E-state index is -0.248. The summed E-state index contributed by atoms with van der Waals surface area (Å²) in [5.74, 6) is 1.73. The molecule has 4 N–H and O–H groups in total. The van der Waals surface area contributed by atoms with E-state index in [4.69, 9.17) is 5.41 Å². The monoisotopic (exact) mass is 383 g/mol. The average Bonchev–Trinajstić information content (AvgIpc) is 3.39. The SMILES string of the molecule is CN/C=N\C(=N)NC(=O)N1C[C@H]2C[C@H](N(C)c3ncnc4[nH]ccc34)C[C@H]2C1. The van der Waals surface area contributed by atoms with Crippen molar-refractivity contribution in [3.05, 3.63) is 18.6 Å². The van der Waals surface area contributed by atoms with Crippen LogP contribution in [-0.2, 0) is 0 Å². The number of nitrogens with one attached hydrogen (secondary N) is 4. The maximum atomic E-state index is 12.4. The first-order valence-electron chi connectivity index (χ1n) is 9.42. The van der Waals surface area contributed by atoms with Crippen molar-refractivity contribution in [3.63, 3.8) is 0 Å². The smallest absolute Gasteiger partial charge is 0.324 e. The number of anilines is 1. The minimum absolute atomic E-state index is 0.159. The second-order valence-electron chi connectivity index (χ2n) is 7.42. The highest BCUT2D eigenvalue weighted by atomic mass is 16.2. The number of hydrogen-bond donors (Lipinski definition) is 4. The Bertz CT molecular complexity index is 893. The summed E-state index contributed by atoms with van der Waals surface area (Å²) in [4.78, 5) is 32.1. The molecule has 148 valence electrons. The van der Waals surface area contributed by atoms with E-state index in [0.717, 1.165) is 29.7 Å². The Balaban J connectivity index is 1.36. The highest BCUT2D eigenvalue weighted by Crippen LogP contribution is 2.41. The lowest BCUT2D eigenvalue weighted by molar-refractivity contribution is 0.209. The number of aromatic amines is 1. The molecule has 2 aromatic rings. The fourth-order valence-electron chi connectivity index (χ4n) is 4.40. The molecule has 1 aliphatic heterocycles. The number of H-pyrrole nitrogens is 1. The predicted octanol–water partition coefficient (Wildman–Crippen LogP) is 0.997. The van der Waals surface area contributed by atoms with Crippen molar-refractivity contribution in [1.29, 1.82) is 5.41 Å². The van der Waals surface area contributed by atoms with Gasteiger partial charge in [0.25, 0.3) is 0 Å². The third kappa shape index (κ3) is 3.37. The molecule has 2 amide bonds. The van der Waals surface area contributed by atoms with Crippen LogP contribution < -0.4 is 15.5 Å². The van der Waals surface area contributed by atoms with Gasteiger partial charge in [0.1, 0.15) is 17.8 Å². The van der Waals surface area contributed by atoms with Crippen LogP contribution in [0.15, 0.2) is 23.6 Å². The first-order valence-corrected chi connectivity index (χ1v) is 9.42. The highest BCUT2D eigenvalue weighted by Gasteiger charge is 2.44. The fourth-order valence-corrected chi connectivity index (χ4v) is 4.40. The van der Waals surface area contributed by atoms with Gasteiger partial charge in [-0.25, -0.2) is 19.8 Å². The Morgan fingerprint density at radius 1 is 1.39 bits per heavy atom. The third-order valence-corrected chi connectivity index (χ3v) is 5.78. The molecule has 2 fully saturated rings. The quantitative estimate of drug-likeness (QED) is 0.465. The van der Waals surface area contributed by atoms with E-state index in [-0.39, 0.29) is 12.0 Å². The lowest BCUT2D eigenvalue weighted by Gasteiger charge is -2.28. The standard InChI is InChI=1S/C18H25N9O/c1-20-9-24-17(19)25-18(28)27-7-11-5-13(6-12(11)8-27)26(2)16-14-3-4-21-15(14)22-10-23-16/h3-4,9-13H,5-8H2,1-2H3,(H,21,22,23)(H3,19,20,24,25,28)/t11-,12+,13+. The molecule has 0 aromatic carbocycles. The fraction of sp³-hybridized carbons (Fsp3) is 0.500. The first-order chi connectivity index (χ1) is 13.6. The van der Waals surface area contributed by atoms with E-state index in [1.807, 2.05) is 12.3 Å². The summed E-state index contributed by atoms with van der Waals surface area (Å²) in [6.45, 7) is 1.43. The van der Waals surface area contributed by atoms with E-state index < -0.39 is 0 Å². The Hall–Kier alpha value is -3.17. The molecule has 1 saturated carbocycles. The number of carbonyl (C=O) groups excluding carboxylic acids is 1. The molecule has 2 aliphatic rings. The predicted molar refractivity (Wildman–Crippen MR) is 108 cm³/mol. The van der Waals surface area contributed by atoms with Crippen LogP contribution in [0.3, 0.4) is 0 Å². The van der Waals surface area contributed by atoms with E-state index in [1.165, 1.54) is 6.34 Å². The number of hydrogen-bond acceptors (Lipinski definition) is 5. The van der Waals surface area contributed by atoms with Gasteiger partial charge in [-0.15, -0.1) is 0 Å². The Kier molecular flexibility index (Phi) is 4.84. The molecule has 1 saturated heterocycles. The van der Waals surface area contributed by atoms with Gasteiger partial charge in [0, 0.05) is 39.4 Å². The molecule has 0 spiro atoms. The maximum Gasteiger partial charge on any atom is 0.324 e. The van der Waals surface area contributed by atoms with Crippen LogP contribution in [-0.4, -0.2) is 71.4 Å². The van der Waals surface area contributed by atoms with Crippen molar-refractivity contribution in [3.8, 4) is 0 Å². The summed E-state index contributed by atoms with van der Waals surface area (Å²) in [6.07, 6.45) is 6.90. The van der Waals surface area contributed by atoms with Gasteiger partial charge in [-0.1, -0.05) is 0 Å². The average molecular weight is 383 g/mol.